The number of carbonyl (C=O) groups excluding carboxylic acids is 1. The molecule has 1 fully saturated rings. The normalized spacial score (nSPS) is 20.0. The predicted molar refractivity (Wildman–Crippen MR) is 59.8 cm³/mol. The van der Waals surface area contributed by atoms with Gasteiger partial charge in [0.1, 0.15) is 0 Å². The number of anilines is 1. The zero-order chi connectivity index (χ0) is 10.5. The highest BCUT2D eigenvalue weighted by atomic mass is 16.1. The molecule has 0 bridgehead atoms. The van der Waals surface area contributed by atoms with Crippen molar-refractivity contribution in [3.63, 3.8) is 0 Å². The van der Waals surface area contributed by atoms with E-state index in [0.717, 1.165) is 13.0 Å². The Bertz CT molecular complexity index is 357. The van der Waals surface area contributed by atoms with Crippen LogP contribution >= 0.6 is 0 Å². The van der Waals surface area contributed by atoms with Gasteiger partial charge >= 0.3 is 0 Å². The van der Waals surface area contributed by atoms with E-state index in [1.807, 2.05) is 18.2 Å². The second-order valence-electron chi connectivity index (χ2n) is 3.76. The van der Waals surface area contributed by atoms with Crippen molar-refractivity contribution in [2.75, 3.05) is 18.0 Å². The van der Waals surface area contributed by atoms with E-state index in [4.69, 9.17) is 0 Å². The van der Waals surface area contributed by atoms with E-state index in [-0.39, 0.29) is 0 Å². The summed E-state index contributed by atoms with van der Waals surface area (Å²) in [5.74, 6) is 0. The third-order valence-corrected chi connectivity index (χ3v) is 2.83. The molecule has 2 rings (SSSR count). The molecule has 1 unspecified atom stereocenters. The first kappa shape index (κ1) is 9.94. The monoisotopic (exact) mass is 202 g/mol. The fourth-order valence-electron chi connectivity index (χ4n) is 2.13. The Hall–Kier alpha value is -1.60. The second-order valence-corrected chi connectivity index (χ2v) is 3.76. The van der Waals surface area contributed by atoms with Crippen LogP contribution in [-0.2, 0) is 4.79 Å². The number of isocyanates is 1. The van der Waals surface area contributed by atoms with E-state index >= 15 is 0 Å². The Morgan fingerprint density at radius 1 is 1.40 bits per heavy atom. The number of hydrogen-bond donors (Lipinski definition) is 0. The number of para-hydroxylation sites is 1. The average molecular weight is 202 g/mol. The van der Waals surface area contributed by atoms with Gasteiger partial charge in [-0.25, -0.2) is 9.79 Å². The molecule has 3 nitrogen and oxygen atoms in total. The molecule has 0 amide bonds. The van der Waals surface area contributed by atoms with E-state index in [0.29, 0.717) is 12.6 Å². The van der Waals surface area contributed by atoms with Gasteiger partial charge in [-0.15, -0.1) is 0 Å². The fourth-order valence-corrected chi connectivity index (χ4v) is 2.13. The Morgan fingerprint density at radius 3 is 2.93 bits per heavy atom. The zero-order valence-electron chi connectivity index (χ0n) is 8.60. The van der Waals surface area contributed by atoms with Crippen LogP contribution in [0.3, 0.4) is 0 Å². The minimum absolute atomic E-state index is 0.369. The van der Waals surface area contributed by atoms with E-state index < -0.39 is 0 Å². The second kappa shape index (κ2) is 4.76. The largest absolute Gasteiger partial charge is 0.367 e. The summed E-state index contributed by atoms with van der Waals surface area (Å²) in [5.41, 5.74) is 1.22. The molecule has 0 aliphatic carbocycles. The summed E-state index contributed by atoms with van der Waals surface area (Å²) in [6, 6.07) is 10.7. The predicted octanol–water partition coefficient (Wildman–Crippen LogP) is 1.99. The molecule has 1 atom stereocenters. The molecule has 1 aromatic rings. The van der Waals surface area contributed by atoms with Gasteiger partial charge in [0.05, 0.1) is 6.54 Å². The quantitative estimate of drug-likeness (QED) is 0.554. The number of hydrogen-bond acceptors (Lipinski definition) is 3. The number of nitrogens with zero attached hydrogens (tertiary/aromatic N) is 2. The van der Waals surface area contributed by atoms with E-state index in [1.165, 1.54) is 12.1 Å². The maximum absolute atomic E-state index is 10.1. The third kappa shape index (κ3) is 2.25. The molecular weight excluding hydrogens is 188 g/mol. The van der Waals surface area contributed by atoms with Crippen molar-refractivity contribution in [2.45, 2.75) is 18.9 Å². The third-order valence-electron chi connectivity index (χ3n) is 2.83. The molecule has 0 spiro atoms. The first-order valence-corrected chi connectivity index (χ1v) is 5.27. The van der Waals surface area contributed by atoms with Gasteiger partial charge in [0.25, 0.3) is 0 Å². The Kier molecular flexibility index (Phi) is 3.15. The number of benzene rings is 1. The lowest BCUT2D eigenvalue weighted by Crippen LogP contribution is -2.31. The highest BCUT2D eigenvalue weighted by molar-refractivity contribution is 5.48. The number of rotatable bonds is 3. The molecule has 0 aromatic heterocycles. The highest BCUT2D eigenvalue weighted by Crippen LogP contribution is 2.25. The van der Waals surface area contributed by atoms with Gasteiger partial charge in [0.2, 0.25) is 6.08 Å². The highest BCUT2D eigenvalue weighted by Gasteiger charge is 2.23. The standard InChI is InChI=1S/C12H14N2O/c15-10-13-9-12-7-4-8-14(12)11-5-2-1-3-6-11/h1-3,5-6,12H,4,7-9H2. The topological polar surface area (TPSA) is 32.7 Å². The van der Waals surface area contributed by atoms with Gasteiger partial charge in [-0.1, -0.05) is 18.2 Å². The van der Waals surface area contributed by atoms with Crippen LogP contribution in [0, 0.1) is 0 Å². The summed E-state index contributed by atoms with van der Waals surface area (Å²) >= 11 is 0. The maximum Gasteiger partial charge on any atom is 0.235 e. The molecule has 1 aliphatic heterocycles. The minimum atomic E-state index is 0.369. The molecule has 0 saturated carbocycles. The van der Waals surface area contributed by atoms with Crippen LogP contribution in [-0.4, -0.2) is 25.2 Å². The molecule has 0 N–H and O–H groups in total. The summed E-state index contributed by atoms with van der Waals surface area (Å²) in [4.78, 5) is 16.1. The molecule has 15 heavy (non-hydrogen) atoms. The summed E-state index contributed by atoms with van der Waals surface area (Å²) in [6.45, 7) is 1.63. The van der Waals surface area contributed by atoms with Crippen molar-refractivity contribution in [1.29, 1.82) is 0 Å². The van der Waals surface area contributed by atoms with Crippen LogP contribution < -0.4 is 4.90 Å². The number of aliphatic imine (C=N–C) groups is 1. The van der Waals surface area contributed by atoms with Crippen LogP contribution in [0.4, 0.5) is 5.69 Å². The average Bonchev–Trinajstić information content (AvgIpc) is 2.75. The van der Waals surface area contributed by atoms with Crippen molar-refractivity contribution in [2.24, 2.45) is 4.99 Å². The van der Waals surface area contributed by atoms with Crippen molar-refractivity contribution in [3.05, 3.63) is 30.3 Å². The molecule has 1 heterocycles. The summed E-state index contributed by atoms with van der Waals surface area (Å²) in [7, 11) is 0. The minimum Gasteiger partial charge on any atom is -0.367 e. The molecular formula is C12H14N2O. The van der Waals surface area contributed by atoms with Crippen LogP contribution in [0.1, 0.15) is 12.8 Å². The molecule has 1 aliphatic rings. The van der Waals surface area contributed by atoms with Crippen molar-refractivity contribution >= 4 is 11.8 Å². The van der Waals surface area contributed by atoms with Gasteiger partial charge < -0.3 is 4.90 Å². The lowest BCUT2D eigenvalue weighted by molar-refractivity contribution is 0.560. The lowest BCUT2D eigenvalue weighted by atomic mass is 10.2. The van der Waals surface area contributed by atoms with E-state index in [2.05, 4.69) is 22.0 Å². The van der Waals surface area contributed by atoms with Gasteiger partial charge in [-0.2, -0.15) is 0 Å². The first-order chi connectivity index (χ1) is 7.42. The van der Waals surface area contributed by atoms with E-state index in [1.54, 1.807) is 6.08 Å². The Labute approximate surface area is 89.4 Å². The summed E-state index contributed by atoms with van der Waals surface area (Å²) in [5, 5.41) is 0. The van der Waals surface area contributed by atoms with Crippen molar-refractivity contribution in [1.82, 2.24) is 0 Å². The Morgan fingerprint density at radius 2 is 2.20 bits per heavy atom. The zero-order valence-corrected chi connectivity index (χ0v) is 8.60. The first-order valence-electron chi connectivity index (χ1n) is 5.27. The summed E-state index contributed by atoms with van der Waals surface area (Å²) < 4.78 is 0. The fraction of sp³-hybridized carbons (Fsp3) is 0.417. The van der Waals surface area contributed by atoms with Crippen LogP contribution in [0.5, 0.6) is 0 Å². The molecule has 1 aromatic carbocycles. The van der Waals surface area contributed by atoms with Crippen molar-refractivity contribution in [3.8, 4) is 0 Å². The lowest BCUT2D eigenvalue weighted by Gasteiger charge is -2.25. The van der Waals surface area contributed by atoms with Gasteiger partial charge in [0, 0.05) is 18.3 Å². The molecule has 3 heteroatoms. The van der Waals surface area contributed by atoms with Gasteiger partial charge in [0.15, 0.2) is 0 Å². The van der Waals surface area contributed by atoms with Crippen LogP contribution in [0.25, 0.3) is 0 Å². The van der Waals surface area contributed by atoms with E-state index in [9.17, 15) is 4.79 Å². The van der Waals surface area contributed by atoms with Crippen molar-refractivity contribution < 1.29 is 4.79 Å². The Balaban J connectivity index is 2.11. The summed E-state index contributed by atoms with van der Waals surface area (Å²) in [6.07, 6.45) is 3.90. The van der Waals surface area contributed by atoms with Crippen LogP contribution in [0.2, 0.25) is 0 Å². The molecule has 78 valence electrons. The molecule has 0 radical (unpaired) electrons. The SMILES string of the molecule is O=C=NCC1CCCN1c1ccccc1. The van der Waals surface area contributed by atoms with Crippen LogP contribution in [0.15, 0.2) is 35.3 Å². The maximum atomic E-state index is 10.1. The van der Waals surface area contributed by atoms with Gasteiger partial charge in [-0.05, 0) is 25.0 Å². The van der Waals surface area contributed by atoms with Gasteiger partial charge in [-0.3, -0.25) is 0 Å². The molecule has 1 saturated heterocycles. The smallest absolute Gasteiger partial charge is 0.235 e.